The van der Waals surface area contributed by atoms with E-state index in [1.54, 1.807) is 18.3 Å². The van der Waals surface area contributed by atoms with Crippen LogP contribution < -0.4 is 0 Å². The molecule has 0 bridgehead atoms. The molecule has 0 unspecified atom stereocenters. The molecule has 0 amide bonds. The molecule has 0 aromatic carbocycles. The Balaban J connectivity index is 2.37. The van der Waals surface area contributed by atoms with Gasteiger partial charge in [0.15, 0.2) is 0 Å². The lowest BCUT2D eigenvalue weighted by Crippen LogP contribution is -2.20. The Morgan fingerprint density at radius 2 is 2.29 bits per heavy atom. The van der Waals surface area contributed by atoms with Crippen LogP contribution in [0, 0.1) is 6.92 Å². The van der Waals surface area contributed by atoms with Crippen LogP contribution in [0.4, 0.5) is 0 Å². The number of thiophene rings is 1. The van der Waals surface area contributed by atoms with Crippen molar-refractivity contribution in [3.63, 3.8) is 0 Å². The summed E-state index contributed by atoms with van der Waals surface area (Å²) < 4.78 is 0. The number of carbonyl (C=O) groups is 1. The summed E-state index contributed by atoms with van der Waals surface area (Å²) in [6.07, 6.45) is 0.654. The number of ketones is 1. The van der Waals surface area contributed by atoms with E-state index < -0.39 is 0 Å². The highest BCUT2D eigenvalue weighted by Gasteiger charge is 2.04. The molecule has 0 aliphatic heterocycles. The predicted octanol–water partition coefficient (Wildman–Crippen LogP) is 2.47. The molecule has 3 heteroatoms. The lowest BCUT2D eigenvalue weighted by atomic mass is 10.2. The van der Waals surface area contributed by atoms with Gasteiger partial charge in [-0.05, 0) is 37.9 Å². The third kappa shape index (κ3) is 3.60. The monoisotopic (exact) mass is 211 g/mol. The van der Waals surface area contributed by atoms with Gasteiger partial charge in [0.1, 0.15) is 5.78 Å². The molecule has 0 saturated carbocycles. The Labute approximate surface area is 89.5 Å². The van der Waals surface area contributed by atoms with Crippen LogP contribution in [0.25, 0.3) is 0 Å². The maximum atomic E-state index is 10.8. The van der Waals surface area contributed by atoms with Crippen LogP contribution in [0.5, 0.6) is 0 Å². The van der Waals surface area contributed by atoms with Gasteiger partial charge in [-0.1, -0.05) is 0 Å². The van der Waals surface area contributed by atoms with Gasteiger partial charge >= 0.3 is 0 Å². The maximum Gasteiger partial charge on any atom is 0.131 e. The van der Waals surface area contributed by atoms with Crippen LogP contribution in [0.15, 0.2) is 11.4 Å². The number of Topliss-reactive ketones (excluding diaryl/α,β-unsaturated/α-hetero) is 1. The Morgan fingerprint density at radius 1 is 1.57 bits per heavy atom. The molecule has 0 radical (unpaired) electrons. The van der Waals surface area contributed by atoms with E-state index in [9.17, 15) is 4.79 Å². The van der Waals surface area contributed by atoms with E-state index >= 15 is 0 Å². The summed E-state index contributed by atoms with van der Waals surface area (Å²) in [6, 6.07) is 2.14. The van der Waals surface area contributed by atoms with Crippen molar-refractivity contribution < 1.29 is 4.79 Å². The number of carbonyl (C=O) groups excluding carboxylic acids is 1. The summed E-state index contributed by atoms with van der Waals surface area (Å²) in [7, 11) is 2.06. The largest absolute Gasteiger partial charge is 0.301 e. The van der Waals surface area contributed by atoms with E-state index in [1.807, 2.05) is 0 Å². The van der Waals surface area contributed by atoms with E-state index in [4.69, 9.17) is 0 Å². The second-order valence-corrected chi connectivity index (χ2v) is 4.72. The molecule has 0 saturated heterocycles. The Morgan fingerprint density at radius 3 is 2.79 bits per heavy atom. The zero-order valence-electron chi connectivity index (χ0n) is 9.04. The van der Waals surface area contributed by atoms with Gasteiger partial charge in [-0.15, -0.1) is 11.3 Å². The summed E-state index contributed by atoms with van der Waals surface area (Å²) in [4.78, 5) is 14.4. The summed E-state index contributed by atoms with van der Waals surface area (Å²) in [5.41, 5.74) is 1.35. The summed E-state index contributed by atoms with van der Waals surface area (Å²) >= 11 is 1.79. The van der Waals surface area contributed by atoms with Gasteiger partial charge in [0, 0.05) is 24.4 Å². The molecule has 0 fully saturated rings. The number of rotatable bonds is 5. The van der Waals surface area contributed by atoms with Gasteiger partial charge in [0.05, 0.1) is 0 Å². The van der Waals surface area contributed by atoms with E-state index in [-0.39, 0.29) is 5.78 Å². The first kappa shape index (κ1) is 11.4. The number of hydrogen-bond acceptors (Lipinski definition) is 3. The first-order valence-corrected chi connectivity index (χ1v) is 5.68. The second-order valence-electron chi connectivity index (χ2n) is 3.72. The van der Waals surface area contributed by atoms with E-state index in [2.05, 4.69) is 30.3 Å². The number of aryl methyl sites for hydroxylation is 1. The molecule has 1 aromatic rings. The SMILES string of the molecule is CC(=O)CCN(C)Cc1sccc1C. The molecule has 0 aliphatic carbocycles. The minimum absolute atomic E-state index is 0.264. The highest BCUT2D eigenvalue weighted by Crippen LogP contribution is 2.17. The molecule has 2 nitrogen and oxygen atoms in total. The predicted molar refractivity (Wildman–Crippen MR) is 60.7 cm³/mol. The Hall–Kier alpha value is -0.670. The number of hydrogen-bond donors (Lipinski definition) is 0. The molecule has 1 rings (SSSR count). The van der Waals surface area contributed by atoms with Crippen molar-refractivity contribution in [1.82, 2.24) is 4.90 Å². The minimum Gasteiger partial charge on any atom is -0.301 e. The lowest BCUT2D eigenvalue weighted by Gasteiger charge is -2.14. The quantitative estimate of drug-likeness (QED) is 0.745. The first-order valence-electron chi connectivity index (χ1n) is 4.80. The van der Waals surface area contributed by atoms with Crippen LogP contribution in [-0.4, -0.2) is 24.3 Å². The Bertz CT molecular complexity index is 306. The van der Waals surface area contributed by atoms with Gasteiger partial charge < -0.3 is 4.90 Å². The van der Waals surface area contributed by atoms with Gasteiger partial charge in [-0.25, -0.2) is 0 Å². The average Bonchev–Trinajstić information content (AvgIpc) is 2.49. The Kier molecular flexibility index (Phi) is 4.29. The third-order valence-corrected chi connectivity index (χ3v) is 3.24. The summed E-state index contributed by atoms with van der Waals surface area (Å²) in [5.74, 6) is 0.264. The van der Waals surface area contributed by atoms with Gasteiger partial charge in [0.25, 0.3) is 0 Å². The van der Waals surface area contributed by atoms with Crippen LogP contribution in [0.3, 0.4) is 0 Å². The molecule has 0 spiro atoms. The average molecular weight is 211 g/mol. The lowest BCUT2D eigenvalue weighted by molar-refractivity contribution is -0.117. The van der Waals surface area contributed by atoms with Crippen molar-refractivity contribution in [3.05, 3.63) is 21.9 Å². The fraction of sp³-hybridized carbons (Fsp3) is 0.545. The molecule has 14 heavy (non-hydrogen) atoms. The normalized spacial score (nSPS) is 10.9. The summed E-state index contributed by atoms with van der Waals surface area (Å²) in [5, 5.41) is 2.11. The molecular weight excluding hydrogens is 194 g/mol. The minimum atomic E-state index is 0.264. The molecule has 1 heterocycles. The van der Waals surface area contributed by atoms with Crippen LogP contribution in [0.1, 0.15) is 23.8 Å². The van der Waals surface area contributed by atoms with Crippen LogP contribution in [-0.2, 0) is 11.3 Å². The highest BCUT2D eigenvalue weighted by molar-refractivity contribution is 7.10. The molecule has 1 aromatic heterocycles. The van der Waals surface area contributed by atoms with Crippen LogP contribution >= 0.6 is 11.3 Å². The molecule has 0 aliphatic rings. The van der Waals surface area contributed by atoms with Crippen LogP contribution in [0.2, 0.25) is 0 Å². The molecule has 0 atom stereocenters. The standard InChI is InChI=1S/C11H17NOS/c1-9-5-7-14-11(9)8-12(3)6-4-10(2)13/h5,7H,4,6,8H2,1-3H3. The molecule has 0 N–H and O–H groups in total. The van der Waals surface area contributed by atoms with E-state index in [1.165, 1.54) is 10.4 Å². The second kappa shape index (κ2) is 5.27. The summed E-state index contributed by atoms with van der Waals surface area (Å²) in [6.45, 7) is 5.58. The fourth-order valence-corrected chi connectivity index (χ4v) is 2.22. The topological polar surface area (TPSA) is 20.3 Å². The zero-order valence-corrected chi connectivity index (χ0v) is 9.86. The smallest absolute Gasteiger partial charge is 0.131 e. The van der Waals surface area contributed by atoms with Gasteiger partial charge in [-0.3, -0.25) is 4.79 Å². The van der Waals surface area contributed by atoms with Crippen molar-refractivity contribution in [2.24, 2.45) is 0 Å². The van der Waals surface area contributed by atoms with Crippen molar-refractivity contribution in [2.45, 2.75) is 26.8 Å². The fourth-order valence-electron chi connectivity index (χ4n) is 1.24. The first-order chi connectivity index (χ1) is 6.59. The zero-order chi connectivity index (χ0) is 10.6. The molecular formula is C11H17NOS. The van der Waals surface area contributed by atoms with Gasteiger partial charge in [0.2, 0.25) is 0 Å². The number of nitrogens with zero attached hydrogens (tertiary/aromatic N) is 1. The van der Waals surface area contributed by atoms with Crippen molar-refractivity contribution >= 4 is 17.1 Å². The third-order valence-electron chi connectivity index (χ3n) is 2.23. The van der Waals surface area contributed by atoms with E-state index in [0.717, 1.165) is 13.1 Å². The van der Waals surface area contributed by atoms with Crippen molar-refractivity contribution in [2.75, 3.05) is 13.6 Å². The van der Waals surface area contributed by atoms with E-state index in [0.29, 0.717) is 6.42 Å². The highest BCUT2D eigenvalue weighted by atomic mass is 32.1. The van der Waals surface area contributed by atoms with Crippen molar-refractivity contribution in [1.29, 1.82) is 0 Å². The van der Waals surface area contributed by atoms with Crippen molar-refractivity contribution in [3.8, 4) is 0 Å². The van der Waals surface area contributed by atoms with Gasteiger partial charge in [-0.2, -0.15) is 0 Å². The maximum absolute atomic E-state index is 10.8. The molecule has 78 valence electrons.